The first kappa shape index (κ1) is 13.8. The molecule has 2 aromatic heterocycles. The average molecular weight is 322 g/mol. The largest absolute Gasteiger partial charge is 0.329 e. The summed E-state index contributed by atoms with van der Waals surface area (Å²) < 4.78 is 3.03. The first-order valence-electron chi connectivity index (χ1n) is 7.59. The van der Waals surface area contributed by atoms with Gasteiger partial charge in [0.1, 0.15) is 0 Å². The van der Waals surface area contributed by atoms with Gasteiger partial charge in [-0.15, -0.1) is 0 Å². The molecule has 3 nitrogen and oxygen atoms in total. The van der Waals surface area contributed by atoms with Crippen LogP contribution in [0.3, 0.4) is 0 Å². The molecule has 0 aliphatic heterocycles. The van der Waals surface area contributed by atoms with E-state index in [0.717, 1.165) is 21.9 Å². The van der Waals surface area contributed by atoms with E-state index in [0.29, 0.717) is 16.5 Å². The number of aromatic amines is 1. The molecule has 2 aromatic rings. The number of rotatable bonds is 1. The van der Waals surface area contributed by atoms with Crippen molar-refractivity contribution in [1.29, 1.82) is 0 Å². The van der Waals surface area contributed by atoms with Crippen LogP contribution in [0.5, 0.6) is 0 Å². The molecule has 0 radical (unpaired) electrons. The zero-order valence-corrected chi connectivity index (χ0v) is 14.2. The van der Waals surface area contributed by atoms with Crippen LogP contribution in [0, 0.1) is 21.5 Å². The van der Waals surface area contributed by atoms with E-state index in [1.807, 2.05) is 6.07 Å². The molecular weight excluding hydrogens is 302 g/mol. The lowest BCUT2D eigenvalue weighted by atomic mass is 9.68. The monoisotopic (exact) mass is 321 g/mol. The van der Waals surface area contributed by atoms with Crippen molar-refractivity contribution in [1.82, 2.24) is 14.5 Å². The standard InChI is InChI=1S/C16H20ClN3S/c1-15(2)9-4-5-16(3,7-9)13(15)20-12-11(19-14(20)21)6-10(17)8-18-12/h6,8-9,13H,4-5,7H2,1-3H3,(H,19,21). The highest BCUT2D eigenvalue weighted by Crippen LogP contribution is 2.68. The fraction of sp³-hybridized carbons (Fsp3) is 0.625. The summed E-state index contributed by atoms with van der Waals surface area (Å²) in [5, 5.41) is 0.643. The molecule has 0 aromatic carbocycles. The highest BCUT2D eigenvalue weighted by molar-refractivity contribution is 7.71. The number of nitrogens with one attached hydrogen (secondary N) is 1. The minimum atomic E-state index is 0.252. The fourth-order valence-corrected chi connectivity index (χ4v) is 5.61. The predicted octanol–water partition coefficient (Wildman–Crippen LogP) is 5.13. The molecule has 1 N–H and O–H groups in total. The van der Waals surface area contributed by atoms with Gasteiger partial charge in [0, 0.05) is 12.2 Å². The van der Waals surface area contributed by atoms with E-state index in [1.165, 1.54) is 19.3 Å². The minimum Gasteiger partial charge on any atom is -0.329 e. The third-order valence-electron chi connectivity index (χ3n) is 5.97. The summed E-state index contributed by atoms with van der Waals surface area (Å²) >= 11 is 11.7. The number of hydrogen-bond acceptors (Lipinski definition) is 2. The molecule has 5 heteroatoms. The summed E-state index contributed by atoms with van der Waals surface area (Å²) in [4.78, 5) is 7.85. The molecule has 0 saturated heterocycles. The molecule has 0 amide bonds. The van der Waals surface area contributed by atoms with E-state index >= 15 is 0 Å². The molecule has 0 spiro atoms. The van der Waals surface area contributed by atoms with Gasteiger partial charge < -0.3 is 4.98 Å². The highest BCUT2D eigenvalue weighted by atomic mass is 35.5. The Bertz CT molecular complexity index is 786. The molecule has 2 heterocycles. The van der Waals surface area contributed by atoms with Crippen LogP contribution in [-0.2, 0) is 0 Å². The van der Waals surface area contributed by atoms with Crippen LogP contribution in [0.1, 0.15) is 46.1 Å². The van der Waals surface area contributed by atoms with E-state index in [2.05, 4.69) is 35.3 Å². The summed E-state index contributed by atoms with van der Waals surface area (Å²) in [5.74, 6) is 0.784. The molecule has 2 aliphatic carbocycles. The first-order valence-corrected chi connectivity index (χ1v) is 8.37. The maximum absolute atomic E-state index is 6.06. The van der Waals surface area contributed by atoms with Crippen LogP contribution in [0.4, 0.5) is 0 Å². The summed E-state index contributed by atoms with van der Waals surface area (Å²) in [6.07, 6.45) is 5.64. The van der Waals surface area contributed by atoms with Crippen LogP contribution < -0.4 is 0 Å². The minimum absolute atomic E-state index is 0.252. The van der Waals surface area contributed by atoms with Gasteiger partial charge in [-0.2, -0.15) is 0 Å². The molecule has 2 saturated carbocycles. The van der Waals surface area contributed by atoms with Crippen LogP contribution in [0.15, 0.2) is 12.3 Å². The lowest BCUT2D eigenvalue weighted by Crippen LogP contribution is -2.37. The van der Waals surface area contributed by atoms with Gasteiger partial charge >= 0.3 is 0 Å². The fourth-order valence-electron chi connectivity index (χ4n) is 5.15. The lowest BCUT2D eigenvalue weighted by molar-refractivity contribution is 0.0851. The van der Waals surface area contributed by atoms with Crippen molar-refractivity contribution in [3.05, 3.63) is 22.1 Å². The molecular formula is C16H20ClN3S. The predicted molar refractivity (Wildman–Crippen MR) is 88.2 cm³/mol. The number of H-pyrrole nitrogens is 1. The molecule has 2 fully saturated rings. The van der Waals surface area contributed by atoms with Crippen molar-refractivity contribution in [2.75, 3.05) is 0 Å². The van der Waals surface area contributed by atoms with Crippen molar-refractivity contribution in [3.63, 3.8) is 0 Å². The maximum atomic E-state index is 6.06. The van der Waals surface area contributed by atoms with Gasteiger partial charge in [0.05, 0.1) is 10.5 Å². The summed E-state index contributed by atoms with van der Waals surface area (Å²) in [6, 6.07) is 2.32. The molecule has 4 rings (SSSR count). The Labute approximate surface area is 134 Å². The molecule has 3 atom stereocenters. The Morgan fingerprint density at radius 2 is 2.19 bits per heavy atom. The summed E-state index contributed by atoms with van der Waals surface area (Å²) in [5.41, 5.74) is 2.45. The van der Waals surface area contributed by atoms with Gasteiger partial charge in [-0.05, 0) is 54.3 Å². The van der Waals surface area contributed by atoms with Crippen molar-refractivity contribution >= 4 is 35.0 Å². The van der Waals surface area contributed by atoms with Crippen molar-refractivity contribution in [2.24, 2.45) is 16.7 Å². The SMILES string of the molecule is CC12CCC(C1)C(C)(C)C2n1c(=S)[nH]c2cc(Cl)cnc21. The van der Waals surface area contributed by atoms with Crippen LogP contribution in [-0.4, -0.2) is 14.5 Å². The lowest BCUT2D eigenvalue weighted by Gasteiger charge is -2.43. The van der Waals surface area contributed by atoms with Gasteiger partial charge in [0.2, 0.25) is 0 Å². The van der Waals surface area contributed by atoms with Gasteiger partial charge in [0.15, 0.2) is 10.4 Å². The topological polar surface area (TPSA) is 33.6 Å². The van der Waals surface area contributed by atoms with E-state index in [-0.39, 0.29) is 5.41 Å². The van der Waals surface area contributed by atoms with E-state index in [9.17, 15) is 0 Å². The van der Waals surface area contributed by atoms with E-state index in [1.54, 1.807) is 6.20 Å². The summed E-state index contributed by atoms with van der Waals surface area (Å²) in [6.45, 7) is 7.20. The second-order valence-electron chi connectivity index (χ2n) is 7.64. The second-order valence-corrected chi connectivity index (χ2v) is 8.47. The quantitative estimate of drug-likeness (QED) is 0.738. The third kappa shape index (κ3) is 1.72. The van der Waals surface area contributed by atoms with E-state index < -0.39 is 0 Å². The maximum Gasteiger partial charge on any atom is 0.179 e. The van der Waals surface area contributed by atoms with Gasteiger partial charge in [-0.1, -0.05) is 32.4 Å². The summed E-state index contributed by atoms with van der Waals surface area (Å²) in [7, 11) is 0. The van der Waals surface area contributed by atoms with Crippen molar-refractivity contribution < 1.29 is 0 Å². The smallest absolute Gasteiger partial charge is 0.179 e. The Morgan fingerprint density at radius 3 is 2.86 bits per heavy atom. The number of fused-ring (bicyclic) bond motifs is 3. The molecule has 2 bridgehead atoms. The van der Waals surface area contributed by atoms with E-state index in [4.69, 9.17) is 23.8 Å². The first-order chi connectivity index (χ1) is 9.83. The molecule has 112 valence electrons. The zero-order valence-electron chi connectivity index (χ0n) is 12.6. The highest BCUT2D eigenvalue weighted by Gasteiger charge is 2.60. The van der Waals surface area contributed by atoms with Crippen molar-refractivity contribution in [2.45, 2.75) is 46.1 Å². The van der Waals surface area contributed by atoms with Gasteiger partial charge in [-0.3, -0.25) is 4.57 Å². The number of imidazole rings is 1. The van der Waals surface area contributed by atoms with Crippen molar-refractivity contribution in [3.8, 4) is 0 Å². The number of aromatic nitrogens is 3. The number of nitrogens with zero attached hydrogens (tertiary/aromatic N) is 2. The van der Waals surface area contributed by atoms with Gasteiger partial charge in [0.25, 0.3) is 0 Å². The molecule has 2 aliphatic rings. The Hall–Kier alpha value is -0.870. The molecule has 21 heavy (non-hydrogen) atoms. The Kier molecular flexibility index (Phi) is 2.69. The van der Waals surface area contributed by atoms with Gasteiger partial charge in [-0.25, -0.2) is 4.98 Å². The Balaban J connectivity index is 1.98. The van der Waals surface area contributed by atoms with Crippen LogP contribution >= 0.6 is 23.8 Å². The molecule has 3 unspecified atom stereocenters. The second kappa shape index (κ2) is 4.11. The number of pyridine rings is 1. The third-order valence-corrected chi connectivity index (χ3v) is 6.48. The number of hydrogen-bond donors (Lipinski definition) is 1. The van der Waals surface area contributed by atoms with Crippen LogP contribution in [0.2, 0.25) is 5.02 Å². The number of halogens is 1. The average Bonchev–Trinajstić information content (AvgIpc) is 2.97. The van der Waals surface area contributed by atoms with Crippen LogP contribution in [0.25, 0.3) is 11.2 Å². The zero-order chi connectivity index (χ0) is 15.0. The Morgan fingerprint density at radius 1 is 1.43 bits per heavy atom. The normalized spacial score (nSPS) is 33.9.